The quantitative estimate of drug-likeness (QED) is 0.574. The van der Waals surface area contributed by atoms with Crippen LogP contribution in [0.4, 0.5) is 14.6 Å². The Labute approximate surface area is 165 Å². The van der Waals surface area contributed by atoms with Crippen molar-refractivity contribution in [2.75, 3.05) is 5.32 Å². The van der Waals surface area contributed by atoms with Crippen molar-refractivity contribution in [1.82, 2.24) is 19.9 Å². The number of carbonyl (C=O) groups is 1. The van der Waals surface area contributed by atoms with Gasteiger partial charge in [-0.15, -0.1) is 0 Å². The van der Waals surface area contributed by atoms with Crippen LogP contribution < -0.4 is 5.32 Å². The molecular weight excluding hydrogens is 380 g/mol. The molecule has 0 aliphatic heterocycles. The van der Waals surface area contributed by atoms with E-state index in [1.165, 1.54) is 6.07 Å². The maximum Gasteiger partial charge on any atom is 0.305 e. The molecule has 1 fully saturated rings. The predicted molar refractivity (Wildman–Crippen MR) is 103 cm³/mol. The third-order valence-electron chi connectivity index (χ3n) is 5.76. The van der Waals surface area contributed by atoms with Crippen LogP contribution >= 0.6 is 0 Å². The molecule has 0 amide bonds. The Bertz CT molecular complexity index is 1060. The number of pyridine rings is 1. The zero-order chi connectivity index (χ0) is 20.6. The van der Waals surface area contributed by atoms with Gasteiger partial charge in [-0.2, -0.15) is 0 Å². The van der Waals surface area contributed by atoms with Crippen LogP contribution in [0.15, 0.2) is 24.7 Å². The number of nitrogens with zero attached hydrogens (tertiary/aromatic N) is 3. The molecule has 7 nitrogen and oxygen atoms in total. The second-order valence-corrected chi connectivity index (χ2v) is 7.80. The third kappa shape index (κ3) is 3.76. The molecule has 0 spiro atoms. The molecular formula is C20H21F2N5O2. The van der Waals surface area contributed by atoms with E-state index in [2.05, 4.69) is 25.3 Å². The lowest BCUT2D eigenvalue weighted by molar-refractivity contribution is -0.137. The topological polar surface area (TPSA) is 104 Å². The highest BCUT2D eigenvalue weighted by Crippen LogP contribution is 2.43. The van der Waals surface area contributed by atoms with E-state index in [4.69, 9.17) is 0 Å². The molecule has 1 saturated carbocycles. The van der Waals surface area contributed by atoms with Crippen molar-refractivity contribution in [3.63, 3.8) is 0 Å². The van der Waals surface area contributed by atoms with Crippen LogP contribution in [-0.2, 0) is 4.79 Å². The summed E-state index contributed by atoms with van der Waals surface area (Å²) >= 11 is 0. The lowest BCUT2D eigenvalue weighted by Gasteiger charge is -2.34. The van der Waals surface area contributed by atoms with Gasteiger partial charge in [-0.1, -0.05) is 19.8 Å². The van der Waals surface area contributed by atoms with E-state index in [1.807, 2.05) is 6.92 Å². The molecule has 0 radical (unpaired) electrons. The van der Waals surface area contributed by atoms with Gasteiger partial charge in [0.05, 0.1) is 18.8 Å². The number of rotatable bonds is 6. The fourth-order valence-electron chi connectivity index (χ4n) is 4.10. The van der Waals surface area contributed by atoms with Crippen LogP contribution in [0.3, 0.4) is 0 Å². The first-order chi connectivity index (χ1) is 13.9. The number of aromatic amines is 1. The minimum Gasteiger partial charge on any atom is -0.481 e. The van der Waals surface area contributed by atoms with Crippen LogP contribution in [0, 0.1) is 17.0 Å². The largest absolute Gasteiger partial charge is 0.481 e. The number of fused-ring (bicyclic) bond motifs is 1. The Balaban J connectivity index is 1.70. The summed E-state index contributed by atoms with van der Waals surface area (Å²) in [7, 11) is 0. The standard InChI is InChI=1S/C20H21F2N5O2/c1-20(4-2-3-5-20)15(7-16(28)29)26-19-14(22)10-25-18(27-19)13-9-24-17-12(13)6-11(21)8-23-17/h6,8-10,15H,2-5,7H2,1H3,(H,23,24)(H,28,29)(H,25,26,27)/t15-/m0/s1. The van der Waals surface area contributed by atoms with Crippen molar-refractivity contribution in [3.8, 4) is 11.4 Å². The maximum atomic E-state index is 14.5. The van der Waals surface area contributed by atoms with Crippen molar-refractivity contribution in [2.24, 2.45) is 5.41 Å². The van der Waals surface area contributed by atoms with Crippen LogP contribution in [0.1, 0.15) is 39.0 Å². The molecule has 1 atom stereocenters. The Kier molecular flexibility index (Phi) is 4.89. The highest BCUT2D eigenvalue weighted by atomic mass is 19.1. The summed E-state index contributed by atoms with van der Waals surface area (Å²) in [4.78, 5) is 26.6. The summed E-state index contributed by atoms with van der Waals surface area (Å²) in [5.74, 6) is -2.00. The Hall–Kier alpha value is -3.10. The summed E-state index contributed by atoms with van der Waals surface area (Å²) in [5.41, 5.74) is 0.687. The van der Waals surface area contributed by atoms with E-state index in [1.54, 1.807) is 6.20 Å². The zero-order valence-electron chi connectivity index (χ0n) is 15.9. The average Bonchev–Trinajstić information content (AvgIpc) is 3.29. The summed E-state index contributed by atoms with van der Waals surface area (Å²) in [6, 6.07) is 0.836. The average molecular weight is 401 g/mol. The van der Waals surface area contributed by atoms with Crippen LogP contribution in [0.5, 0.6) is 0 Å². The number of carboxylic acid groups (broad SMARTS) is 1. The minimum absolute atomic E-state index is 0.0620. The highest BCUT2D eigenvalue weighted by Gasteiger charge is 2.38. The molecule has 4 rings (SSSR count). The smallest absolute Gasteiger partial charge is 0.305 e. The fraction of sp³-hybridized carbons (Fsp3) is 0.400. The second-order valence-electron chi connectivity index (χ2n) is 7.80. The van der Waals surface area contributed by atoms with Crippen LogP contribution in [0.25, 0.3) is 22.4 Å². The van der Waals surface area contributed by atoms with E-state index in [-0.39, 0.29) is 23.5 Å². The zero-order valence-corrected chi connectivity index (χ0v) is 15.9. The molecule has 1 aliphatic rings. The van der Waals surface area contributed by atoms with E-state index in [9.17, 15) is 18.7 Å². The molecule has 0 bridgehead atoms. The first kappa shape index (κ1) is 19.2. The summed E-state index contributed by atoms with van der Waals surface area (Å²) in [5, 5.41) is 12.8. The SMILES string of the molecule is CC1([C@H](CC(=O)O)Nc2nc(-c3c[nH]c4ncc(F)cc34)ncc2F)CCCC1. The molecule has 3 aromatic heterocycles. The molecule has 152 valence electrons. The van der Waals surface area contributed by atoms with Crippen LogP contribution in [-0.4, -0.2) is 37.1 Å². The lowest BCUT2D eigenvalue weighted by atomic mass is 9.79. The highest BCUT2D eigenvalue weighted by molar-refractivity contribution is 5.91. The normalized spacial score (nSPS) is 16.8. The van der Waals surface area contributed by atoms with Gasteiger partial charge in [0.2, 0.25) is 0 Å². The first-order valence-corrected chi connectivity index (χ1v) is 9.49. The van der Waals surface area contributed by atoms with E-state index in [0.717, 1.165) is 38.1 Å². The van der Waals surface area contributed by atoms with Gasteiger partial charge in [-0.05, 0) is 24.3 Å². The van der Waals surface area contributed by atoms with E-state index >= 15 is 0 Å². The van der Waals surface area contributed by atoms with Gasteiger partial charge in [0.1, 0.15) is 11.5 Å². The Morgan fingerprint density at radius 1 is 1.31 bits per heavy atom. The number of carboxylic acids is 1. The number of H-pyrrole nitrogens is 1. The third-order valence-corrected chi connectivity index (χ3v) is 5.76. The van der Waals surface area contributed by atoms with Gasteiger partial charge in [0, 0.05) is 23.2 Å². The minimum atomic E-state index is -0.955. The monoisotopic (exact) mass is 401 g/mol. The van der Waals surface area contributed by atoms with Crippen LogP contribution in [0.2, 0.25) is 0 Å². The van der Waals surface area contributed by atoms with Crippen molar-refractivity contribution in [1.29, 1.82) is 0 Å². The molecule has 3 aromatic rings. The Morgan fingerprint density at radius 2 is 2.07 bits per heavy atom. The second kappa shape index (κ2) is 7.38. The van der Waals surface area contributed by atoms with Crippen molar-refractivity contribution in [3.05, 3.63) is 36.3 Å². The van der Waals surface area contributed by atoms with Gasteiger partial charge in [-0.3, -0.25) is 4.79 Å². The van der Waals surface area contributed by atoms with Gasteiger partial charge in [0.25, 0.3) is 0 Å². The van der Waals surface area contributed by atoms with Crippen molar-refractivity contribution < 1.29 is 18.7 Å². The van der Waals surface area contributed by atoms with Gasteiger partial charge >= 0.3 is 5.97 Å². The number of anilines is 1. The molecule has 0 unspecified atom stereocenters. The molecule has 0 aromatic carbocycles. The summed E-state index contributed by atoms with van der Waals surface area (Å²) in [6.45, 7) is 2.02. The molecule has 3 N–H and O–H groups in total. The number of hydrogen-bond donors (Lipinski definition) is 3. The number of hydrogen-bond acceptors (Lipinski definition) is 5. The lowest BCUT2D eigenvalue weighted by Crippen LogP contribution is -2.39. The number of aromatic nitrogens is 4. The summed E-state index contributed by atoms with van der Waals surface area (Å²) in [6.07, 6.45) is 7.33. The first-order valence-electron chi connectivity index (χ1n) is 9.49. The number of halogens is 2. The molecule has 1 aliphatic carbocycles. The predicted octanol–water partition coefficient (Wildman–Crippen LogP) is 4.13. The molecule has 3 heterocycles. The van der Waals surface area contributed by atoms with Crippen molar-refractivity contribution >= 4 is 22.8 Å². The van der Waals surface area contributed by atoms with E-state index < -0.39 is 23.6 Å². The van der Waals surface area contributed by atoms with Gasteiger partial charge < -0.3 is 15.4 Å². The summed E-state index contributed by atoms with van der Waals surface area (Å²) < 4.78 is 28.1. The number of aliphatic carboxylic acids is 1. The van der Waals surface area contributed by atoms with E-state index in [0.29, 0.717) is 16.6 Å². The Morgan fingerprint density at radius 3 is 2.79 bits per heavy atom. The molecule has 9 heteroatoms. The molecule has 0 saturated heterocycles. The van der Waals surface area contributed by atoms with Crippen molar-refractivity contribution in [2.45, 2.75) is 45.1 Å². The maximum absolute atomic E-state index is 14.5. The van der Waals surface area contributed by atoms with Gasteiger partial charge in [-0.25, -0.2) is 23.7 Å². The fourth-order valence-corrected chi connectivity index (χ4v) is 4.10. The molecule has 29 heavy (non-hydrogen) atoms. The number of nitrogens with one attached hydrogen (secondary N) is 2. The van der Waals surface area contributed by atoms with Gasteiger partial charge in [0.15, 0.2) is 17.5 Å².